The number of rotatable bonds is 4. The first-order valence-electron chi connectivity index (χ1n) is 5.93. The van der Waals surface area contributed by atoms with Crippen LogP contribution in [0, 0.1) is 0 Å². The SMILES string of the molecule is CN(CC(=O)O)c1nc(C2CCCCC2)ns1. The fourth-order valence-electron chi connectivity index (χ4n) is 2.18. The van der Waals surface area contributed by atoms with Gasteiger partial charge in [0, 0.05) is 24.5 Å². The Morgan fingerprint density at radius 2 is 2.18 bits per heavy atom. The Morgan fingerprint density at radius 3 is 2.82 bits per heavy atom. The first kappa shape index (κ1) is 12.3. The van der Waals surface area contributed by atoms with Crippen LogP contribution < -0.4 is 4.90 Å². The quantitative estimate of drug-likeness (QED) is 0.892. The molecule has 1 N–H and O–H groups in total. The molecule has 0 radical (unpaired) electrons. The Labute approximate surface area is 105 Å². The molecule has 0 aliphatic heterocycles. The largest absolute Gasteiger partial charge is 0.480 e. The van der Waals surface area contributed by atoms with Gasteiger partial charge in [-0.2, -0.15) is 4.37 Å². The second-order valence-corrected chi connectivity index (χ2v) is 5.25. The first-order valence-corrected chi connectivity index (χ1v) is 6.70. The van der Waals surface area contributed by atoms with Crippen molar-refractivity contribution >= 4 is 22.6 Å². The molecule has 1 aromatic rings. The number of aliphatic carboxylic acids is 1. The van der Waals surface area contributed by atoms with Crippen molar-refractivity contribution in [2.24, 2.45) is 0 Å². The molecule has 6 heteroatoms. The summed E-state index contributed by atoms with van der Waals surface area (Å²) >= 11 is 1.29. The topological polar surface area (TPSA) is 66.3 Å². The van der Waals surface area contributed by atoms with Crippen molar-refractivity contribution < 1.29 is 9.90 Å². The molecule has 1 aromatic heterocycles. The fraction of sp³-hybridized carbons (Fsp3) is 0.727. The minimum atomic E-state index is -0.845. The Morgan fingerprint density at radius 1 is 1.47 bits per heavy atom. The van der Waals surface area contributed by atoms with E-state index in [0.29, 0.717) is 11.0 Å². The molecule has 2 rings (SSSR count). The minimum Gasteiger partial charge on any atom is -0.480 e. The lowest BCUT2D eigenvalue weighted by Gasteiger charge is -2.18. The molecule has 0 unspecified atom stereocenters. The van der Waals surface area contributed by atoms with Crippen LogP contribution in [0.15, 0.2) is 0 Å². The molecule has 1 aliphatic carbocycles. The molecule has 0 amide bonds. The molecule has 1 aliphatic rings. The Kier molecular flexibility index (Phi) is 3.93. The average Bonchev–Trinajstić information content (AvgIpc) is 2.78. The highest BCUT2D eigenvalue weighted by atomic mass is 32.1. The highest BCUT2D eigenvalue weighted by Gasteiger charge is 2.21. The summed E-state index contributed by atoms with van der Waals surface area (Å²) in [5, 5.41) is 9.42. The van der Waals surface area contributed by atoms with E-state index < -0.39 is 5.97 Å². The van der Waals surface area contributed by atoms with E-state index in [9.17, 15) is 4.79 Å². The number of anilines is 1. The summed E-state index contributed by atoms with van der Waals surface area (Å²) in [6.07, 6.45) is 6.15. The molecule has 0 bridgehead atoms. The zero-order valence-corrected chi connectivity index (χ0v) is 10.7. The number of carboxylic acid groups (broad SMARTS) is 1. The van der Waals surface area contributed by atoms with Crippen LogP contribution in [0.4, 0.5) is 5.13 Å². The van der Waals surface area contributed by atoms with Gasteiger partial charge in [-0.15, -0.1) is 0 Å². The van der Waals surface area contributed by atoms with Crippen molar-refractivity contribution in [3.05, 3.63) is 5.82 Å². The van der Waals surface area contributed by atoms with Crippen LogP contribution in [0.25, 0.3) is 0 Å². The molecule has 1 heterocycles. The van der Waals surface area contributed by atoms with Gasteiger partial charge in [-0.25, -0.2) is 4.98 Å². The summed E-state index contributed by atoms with van der Waals surface area (Å²) in [7, 11) is 1.74. The van der Waals surface area contributed by atoms with Crippen LogP contribution in [0.2, 0.25) is 0 Å². The van der Waals surface area contributed by atoms with Crippen LogP contribution in [0.1, 0.15) is 43.8 Å². The van der Waals surface area contributed by atoms with Crippen LogP contribution in [-0.2, 0) is 4.79 Å². The van der Waals surface area contributed by atoms with Crippen molar-refractivity contribution in [3.8, 4) is 0 Å². The lowest BCUT2D eigenvalue weighted by atomic mass is 9.89. The summed E-state index contributed by atoms with van der Waals surface area (Å²) in [5.41, 5.74) is 0. The Hall–Kier alpha value is -1.17. The van der Waals surface area contributed by atoms with Gasteiger partial charge in [-0.3, -0.25) is 4.79 Å². The standard InChI is InChI=1S/C11H17N3O2S/c1-14(7-9(15)16)11-12-10(13-17-11)8-5-3-2-4-6-8/h8H,2-7H2,1H3,(H,15,16). The van der Waals surface area contributed by atoms with Crippen molar-refractivity contribution in [2.45, 2.75) is 38.0 Å². The van der Waals surface area contributed by atoms with Gasteiger partial charge in [0.1, 0.15) is 12.4 Å². The maximum atomic E-state index is 10.6. The van der Waals surface area contributed by atoms with Crippen LogP contribution in [0.3, 0.4) is 0 Å². The van der Waals surface area contributed by atoms with Gasteiger partial charge >= 0.3 is 5.97 Å². The summed E-state index contributed by atoms with van der Waals surface area (Å²) in [5.74, 6) is 0.538. The van der Waals surface area contributed by atoms with E-state index in [1.54, 1.807) is 11.9 Å². The predicted molar refractivity (Wildman–Crippen MR) is 66.6 cm³/mol. The second-order valence-electron chi connectivity index (χ2n) is 4.52. The Balaban J connectivity index is 2.01. The van der Waals surface area contributed by atoms with Crippen molar-refractivity contribution in [2.75, 3.05) is 18.5 Å². The number of aromatic nitrogens is 2. The molecule has 0 aromatic carbocycles. The van der Waals surface area contributed by atoms with Gasteiger partial charge in [-0.1, -0.05) is 19.3 Å². The first-order chi connectivity index (χ1) is 8.16. The van der Waals surface area contributed by atoms with Crippen molar-refractivity contribution in [3.63, 3.8) is 0 Å². The molecule has 1 saturated carbocycles. The smallest absolute Gasteiger partial charge is 0.323 e. The zero-order chi connectivity index (χ0) is 12.3. The number of carbonyl (C=O) groups is 1. The summed E-state index contributed by atoms with van der Waals surface area (Å²) in [6.45, 7) is -0.0285. The number of hydrogen-bond donors (Lipinski definition) is 1. The van der Waals surface area contributed by atoms with Gasteiger partial charge < -0.3 is 10.0 Å². The third kappa shape index (κ3) is 3.15. The average molecular weight is 255 g/mol. The summed E-state index contributed by atoms with van der Waals surface area (Å²) in [4.78, 5) is 16.7. The van der Waals surface area contributed by atoms with E-state index in [0.717, 1.165) is 5.82 Å². The van der Waals surface area contributed by atoms with Crippen LogP contribution in [-0.4, -0.2) is 34.0 Å². The molecule has 94 valence electrons. The molecular weight excluding hydrogens is 238 g/mol. The van der Waals surface area contributed by atoms with Gasteiger partial charge in [0.15, 0.2) is 0 Å². The van der Waals surface area contributed by atoms with E-state index in [4.69, 9.17) is 5.11 Å². The molecule has 0 spiro atoms. The minimum absolute atomic E-state index is 0.0285. The molecule has 1 fully saturated rings. The molecule has 5 nitrogen and oxygen atoms in total. The maximum absolute atomic E-state index is 10.6. The predicted octanol–water partition coefficient (Wildman–Crippen LogP) is 2.11. The molecular formula is C11H17N3O2S. The lowest BCUT2D eigenvalue weighted by Crippen LogP contribution is -2.25. The molecule has 17 heavy (non-hydrogen) atoms. The number of carboxylic acids is 1. The van der Waals surface area contributed by atoms with Gasteiger partial charge in [0.25, 0.3) is 0 Å². The number of likely N-dealkylation sites (N-methyl/N-ethyl adjacent to an activating group) is 1. The highest BCUT2D eigenvalue weighted by Crippen LogP contribution is 2.32. The summed E-state index contributed by atoms with van der Waals surface area (Å²) in [6, 6.07) is 0. The van der Waals surface area contributed by atoms with Gasteiger partial charge in [0.2, 0.25) is 5.13 Å². The lowest BCUT2D eigenvalue weighted by molar-refractivity contribution is -0.135. The van der Waals surface area contributed by atoms with E-state index in [2.05, 4.69) is 9.36 Å². The maximum Gasteiger partial charge on any atom is 0.323 e. The normalized spacial score (nSPS) is 17.0. The third-order valence-corrected chi connectivity index (χ3v) is 3.94. The van der Waals surface area contributed by atoms with Gasteiger partial charge in [-0.05, 0) is 12.8 Å². The van der Waals surface area contributed by atoms with E-state index >= 15 is 0 Å². The van der Waals surface area contributed by atoms with Crippen molar-refractivity contribution in [1.29, 1.82) is 0 Å². The zero-order valence-electron chi connectivity index (χ0n) is 9.93. The monoisotopic (exact) mass is 255 g/mol. The third-order valence-electron chi connectivity index (χ3n) is 3.10. The fourth-order valence-corrected chi connectivity index (χ4v) is 2.88. The second kappa shape index (κ2) is 5.44. The van der Waals surface area contributed by atoms with E-state index in [1.807, 2.05) is 0 Å². The number of hydrogen-bond acceptors (Lipinski definition) is 5. The highest BCUT2D eigenvalue weighted by molar-refractivity contribution is 7.09. The van der Waals surface area contributed by atoms with Crippen LogP contribution >= 0.6 is 11.5 Å². The number of nitrogens with zero attached hydrogens (tertiary/aromatic N) is 3. The van der Waals surface area contributed by atoms with Crippen LogP contribution in [0.5, 0.6) is 0 Å². The van der Waals surface area contributed by atoms with Gasteiger partial charge in [0.05, 0.1) is 0 Å². The van der Waals surface area contributed by atoms with Crippen molar-refractivity contribution in [1.82, 2.24) is 9.36 Å². The molecule has 0 atom stereocenters. The van der Waals surface area contributed by atoms with E-state index in [1.165, 1.54) is 43.6 Å². The molecule has 0 saturated heterocycles. The van der Waals surface area contributed by atoms with E-state index in [-0.39, 0.29) is 6.54 Å². The summed E-state index contributed by atoms with van der Waals surface area (Å²) < 4.78 is 4.36. The Bertz CT molecular complexity index is 388.